The molecule has 2 aromatic rings. The summed E-state index contributed by atoms with van der Waals surface area (Å²) in [6.07, 6.45) is 6.07. The molecule has 1 saturated heterocycles. The third-order valence-electron chi connectivity index (χ3n) is 3.40. The third-order valence-corrected chi connectivity index (χ3v) is 3.40. The first-order chi connectivity index (χ1) is 7.77. The van der Waals surface area contributed by atoms with Gasteiger partial charge in [0.1, 0.15) is 17.1 Å². The molecule has 1 aliphatic heterocycles. The maximum Gasteiger partial charge on any atom is 0.141 e. The molecule has 3 heterocycles. The average molecular weight is 217 g/mol. The van der Waals surface area contributed by atoms with Crippen molar-refractivity contribution in [2.45, 2.75) is 18.9 Å². The van der Waals surface area contributed by atoms with E-state index < -0.39 is 0 Å². The molecule has 16 heavy (non-hydrogen) atoms. The topological polar surface area (TPSA) is 40.8 Å². The standard InChI is InChI=1S/C12H15N3O/c1-14-6-2-4-9(14)12-13-8-10-11(16)5-3-7-15(10)12/h3,5,7-9,16H,2,4,6H2,1H3. The summed E-state index contributed by atoms with van der Waals surface area (Å²) in [5.41, 5.74) is 0.790. The summed E-state index contributed by atoms with van der Waals surface area (Å²) >= 11 is 0. The Hall–Kier alpha value is -1.55. The van der Waals surface area contributed by atoms with Crippen LogP contribution in [0.2, 0.25) is 0 Å². The second-order valence-electron chi connectivity index (χ2n) is 4.40. The van der Waals surface area contributed by atoms with E-state index in [0.29, 0.717) is 11.8 Å². The van der Waals surface area contributed by atoms with Crippen LogP contribution in [-0.2, 0) is 0 Å². The van der Waals surface area contributed by atoms with Crippen LogP contribution < -0.4 is 0 Å². The van der Waals surface area contributed by atoms with Crippen molar-refractivity contribution in [2.75, 3.05) is 13.6 Å². The van der Waals surface area contributed by atoms with Crippen LogP contribution >= 0.6 is 0 Å². The minimum Gasteiger partial charge on any atom is -0.506 e. The largest absolute Gasteiger partial charge is 0.506 e. The first kappa shape index (κ1) is 9.66. The summed E-state index contributed by atoms with van der Waals surface area (Å²) in [7, 11) is 2.13. The average Bonchev–Trinajstić information content (AvgIpc) is 2.84. The van der Waals surface area contributed by atoms with Crippen LogP contribution in [0.4, 0.5) is 0 Å². The van der Waals surface area contributed by atoms with Crippen LogP contribution in [0.5, 0.6) is 5.75 Å². The van der Waals surface area contributed by atoms with Gasteiger partial charge in [-0.25, -0.2) is 4.98 Å². The van der Waals surface area contributed by atoms with Gasteiger partial charge in [0.05, 0.1) is 12.2 Å². The number of hydrogen-bond acceptors (Lipinski definition) is 3. The van der Waals surface area contributed by atoms with E-state index in [1.165, 1.54) is 6.42 Å². The maximum absolute atomic E-state index is 9.72. The molecular formula is C12H15N3O. The van der Waals surface area contributed by atoms with E-state index in [9.17, 15) is 5.11 Å². The van der Waals surface area contributed by atoms with Crippen molar-refractivity contribution in [2.24, 2.45) is 0 Å². The van der Waals surface area contributed by atoms with Crippen molar-refractivity contribution < 1.29 is 5.11 Å². The van der Waals surface area contributed by atoms with Gasteiger partial charge in [-0.1, -0.05) is 0 Å². The molecule has 0 aliphatic carbocycles. The molecular weight excluding hydrogens is 202 g/mol. The Morgan fingerprint density at radius 3 is 3.12 bits per heavy atom. The molecule has 3 rings (SSSR count). The Labute approximate surface area is 94.1 Å². The maximum atomic E-state index is 9.72. The van der Waals surface area contributed by atoms with Gasteiger partial charge in [-0.15, -0.1) is 0 Å². The fourth-order valence-corrected chi connectivity index (χ4v) is 2.51. The number of nitrogens with zero attached hydrogens (tertiary/aromatic N) is 3. The predicted molar refractivity (Wildman–Crippen MR) is 61.5 cm³/mol. The molecule has 1 N–H and O–H groups in total. The second-order valence-corrected chi connectivity index (χ2v) is 4.40. The minimum absolute atomic E-state index is 0.293. The van der Waals surface area contributed by atoms with Gasteiger partial charge in [0, 0.05) is 6.20 Å². The fraction of sp³-hybridized carbons (Fsp3) is 0.417. The van der Waals surface area contributed by atoms with E-state index >= 15 is 0 Å². The highest BCUT2D eigenvalue weighted by molar-refractivity contribution is 5.58. The van der Waals surface area contributed by atoms with Gasteiger partial charge < -0.3 is 5.11 Å². The zero-order chi connectivity index (χ0) is 11.1. The molecule has 0 spiro atoms. The summed E-state index contributed by atoms with van der Waals surface area (Å²) < 4.78 is 1.99. The molecule has 1 atom stereocenters. The first-order valence-corrected chi connectivity index (χ1v) is 5.62. The quantitative estimate of drug-likeness (QED) is 0.792. The molecule has 4 nitrogen and oxygen atoms in total. The molecule has 0 bridgehead atoms. The molecule has 1 unspecified atom stereocenters. The summed E-state index contributed by atoms with van der Waals surface area (Å²) in [6, 6.07) is 3.92. The van der Waals surface area contributed by atoms with Crippen molar-refractivity contribution in [3.8, 4) is 5.75 Å². The molecule has 0 saturated carbocycles. The smallest absolute Gasteiger partial charge is 0.141 e. The van der Waals surface area contributed by atoms with Crippen molar-refractivity contribution in [1.29, 1.82) is 0 Å². The summed E-state index contributed by atoms with van der Waals surface area (Å²) in [5.74, 6) is 1.33. The number of imidazole rings is 1. The van der Waals surface area contributed by atoms with Gasteiger partial charge >= 0.3 is 0 Å². The van der Waals surface area contributed by atoms with Crippen LogP contribution in [0.1, 0.15) is 24.7 Å². The van der Waals surface area contributed by atoms with Gasteiger partial charge in [-0.3, -0.25) is 9.30 Å². The monoisotopic (exact) mass is 217 g/mol. The van der Waals surface area contributed by atoms with Crippen LogP contribution in [0.15, 0.2) is 24.5 Å². The lowest BCUT2D eigenvalue weighted by Crippen LogP contribution is -2.19. The molecule has 0 radical (unpaired) electrons. The molecule has 84 valence electrons. The molecule has 0 aromatic carbocycles. The van der Waals surface area contributed by atoms with E-state index in [0.717, 1.165) is 24.3 Å². The third kappa shape index (κ3) is 1.30. The fourth-order valence-electron chi connectivity index (χ4n) is 2.51. The van der Waals surface area contributed by atoms with Gasteiger partial charge in [-0.05, 0) is 38.6 Å². The summed E-state index contributed by atoms with van der Waals surface area (Å²) in [6.45, 7) is 1.12. The second kappa shape index (κ2) is 3.49. The molecule has 4 heteroatoms. The van der Waals surface area contributed by atoms with E-state index in [1.54, 1.807) is 12.3 Å². The number of aromatic nitrogens is 2. The predicted octanol–water partition coefficient (Wildman–Crippen LogP) is 1.81. The van der Waals surface area contributed by atoms with E-state index in [1.807, 2.05) is 16.7 Å². The summed E-state index contributed by atoms with van der Waals surface area (Å²) in [5, 5.41) is 9.72. The van der Waals surface area contributed by atoms with E-state index in [-0.39, 0.29) is 0 Å². The Kier molecular flexibility index (Phi) is 2.11. The normalized spacial score (nSPS) is 21.9. The van der Waals surface area contributed by atoms with Crippen molar-refractivity contribution in [3.05, 3.63) is 30.4 Å². The minimum atomic E-state index is 0.293. The highest BCUT2D eigenvalue weighted by atomic mass is 16.3. The molecule has 1 aliphatic rings. The number of hydrogen-bond donors (Lipinski definition) is 1. The number of rotatable bonds is 1. The van der Waals surface area contributed by atoms with E-state index in [2.05, 4.69) is 16.9 Å². The first-order valence-electron chi connectivity index (χ1n) is 5.62. The Bertz CT molecular complexity index is 520. The van der Waals surface area contributed by atoms with Gasteiger partial charge in [0.25, 0.3) is 0 Å². The highest BCUT2D eigenvalue weighted by Crippen LogP contribution is 2.31. The zero-order valence-corrected chi connectivity index (χ0v) is 9.30. The number of likely N-dealkylation sites (tertiary alicyclic amines) is 1. The van der Waals surface area contributed by atoms with E-state index in [4.69, 9.17) is 0 Å². The number of aromatic hydroxyl groups is 1. The van der Waals surface area contributed by atoms with Crippen LogP contribution in [0, 0.1) is 0 Å². The molecule has 0 amide bonds. The van der Waals surface area contributed by atoms with Crippen LogP contribution in [0.3, 0.4) is 0 Å². The lowest BCUT2D eigenvalue weighted by atomic mass is 10.2. The summed E-state index contributed by atoms with van der Waals surface area (Å²) in [4.78, 5) is 6.77. The van der Waals surface area contributed by atoms with Crippen molar-refractivity contribution in [3.63, 3.8) is 0 Å². The molecule has 1 fully saturated rings. The Morgan fingerprint density at radius 2 is 2.38 bits per heavy atom. The van der Waals surface area contributed by atoms with Crippen molar-refractivity contribution in [1.82, 2.24) is 14.3 Å². The van der Waals surface area contributed by atoms with Crippen LogP contribution in [-0.4, -0.2) is 33.0 Å². The lowest BCUT2D eigenvalue weighted by Gasteiger charge is -2.18. The Morgan fingerprint density at radius 1 is 1.50 bits per heavy atom. The number of fused-ring (bicyclic) bond motifs is 1. The Balaban J connectivity index is 2.14. The van der Waals surface area contributed by atoms with Crippen LogP contribution in [0.25, 0.3) is 5.52 Å². The lowest BCUT2D eigenvalue weighted by molar-refractivity contribution is 0.305. The van der Waals surface area contributed by atoms with Gasteiger partial charge in [-0.2, -0.15) is 0 Å². The SMILES string of the molecule is CN1CCCC1c1ncc2c(O)cccn12. The van der Waals surface area contributed by atoms with Crippen molar-refractivity contribution >= 4 is 5.52 Å². The van der Waals surface area contributed by atoms with Gasteiger partial charge in [0.15, 0.2) is 0 Å². The highest BCUT2D eigenvalue weighted by Gasteiger charge is 2.26. The molecule has 2 aromatic heterocycles. The zero-order valence-electron chi connectivity index (χ0n) is 9.30. The van der Waals surface area contributed by atoms with Gasteiger partial charge in [0.2, 0.25) is 0 Å². The number of pyridine rings is 1.